The number of sulfonamides is 1. The first kappa shape index (κ1) is 18.9. The third kappa shape index (κ3) is 5.06. The summed E-state index contributed by atoms with van der Waals surface area (Å²) in [6.45, 7) is 0. The van der Waals surface area contributed by atoms with Gasteiger partial charge in [-0.15, -0.1) is 0 Å². The Hall–Kier alpha value is -2.90. The lowest BCUT2D eigenvalue weighted by molar-refractivity contribution is 0.0981. The average Bonchev–Trinajstić information content (AvgIpc) is 2.63. The van der Waals surface area contributed by atoms with Gasteiger partial charge in [0.25, 0.3) is 5.91 Å². The van der Waals surface area contributed by atoms with Crippen LogP contribution in [0.25, 0.3) is 11.1 Å². The van der Waals surface area contributed by atoms with Crippen molar-refractivity contribution in [3.63, 3.8) is 0 Å². The van der Waals surface area contributed by atoms with Gasteiger partial charge >= 0.3 is 0 Å². The van der Waals surface area contributed by atoms with E-state index in [1.54, 1.807) is 36.5 Å². The normalized spacial score (nSPS) is 11.0. The Kier molecular flexibility index (Phi) is 5.43. The van der Waals surface area contributed by atoms with Gasteiger partial charge in [0.1, 0.15) is 5.82 Å². The van der Waals surface area contributed by atoms with Gasteiger partial charge in [-0.1, -0.05) is 41.9 Å². The lowest BCUT2D eigenvalue weighted by Gasteiger charge is -2.09. The number of nitrogens with zero attached hydrogens (tertiary/aromatic N) is 1. The molecule has 0 aliphatic carbocycles. The minimum absolute atomic E-state index is 0.241. The molecule has 0 atom stereocenters. The van der Waals surface area contributed by atoms with Gasteiger partial charge in [-0.05, 0) is 35.9 Å². The van der Waals surface area contributed by atoms with Crippen molar-refractivity contribution in [3.8, 4) is 11.1 Å². The number of amides is 1. The number of aromatic nitrogens is 1. The van der Waals surface area contributed by atoms with Crippen LogP contribution in [-0.2, 0) is 10.0 Å². The fourth-order valence-corrected chi connectivity index (χ4v) is 3.06. The van der Waals surface area contributed by atoms with E-state index < -0.39 is 15.9 Å². The highest BCUT2D eigenvalue weighted by Crippen LogP contribution is 2.28. The summed E-state index contributed by atoms with van der Waals surface area (Å²) in [5.41, 5.74) is 2.69. The summed E-state index contributed by atoms with van der Waals surface area (Å²) in [5, 5.41) is 3.60. The van der Waals surface area contributed by atoms with Crippen molar-refractivity contribution in [2.24, 2.45) is 0 Å². The highest BCUT2D eigenvalue weighted by atomic mass is 35.5. The van der Waals surface area contributed by atoms with E-state index in [0.717, 1.165) is 23.1 Å². The van der Waals surface area contributed by atoms with Crippen LogP contribution in [-0.4, -0.2) is 25.6 Å². The number of nitrogens with one attached hydrogen (secondary N) is 2. The highest BCUT2D eigenvalue weighted by molar-refractivity contribution is 7.89. The first-order valence-electron chi connectivity index (χ1n) is 7.92. The SMILES string of the molecule is CS(=O)(=O)NC(=O)c1ccc(-c2cnc(Nc3ccccc3)c(Cl)c2)cc1. The van der Waals surface area contributed by atoms with E-state index >= 15 is 0 Å². The van der Waals surface area contributed by atoms with Crippen LogP contribution in [0.5, 0.6) is 0 Å². The van der Waals surface area contributed by atoms with E-state index in [1.165, 1.54) is 0 Å². The Balaban J connectivity index is 1.78. The zero-order valence-corrected chi connectivity index (χ0v) is 15.9. The maximum absolute atomic E-state index is 11.8. The van der Waals surface area contributed by atoms with Crippen molar-refractivity contribution in [3.05, 3.63) is 77.4 Å². The Labute approximate surface area is 162 Å². The molecule has 2 N–H and O–H groups in total. The minimum atomic E-state index is -3.60. The van der Waals surface area contributed by atoms with Crippen molar-refractivity contribution < 1.29 is 13.2 Å². The number of pyridine rings is 1. The predicted molar refractivity (Wildman–Crippen MR) is 107 cm³/mol. The molecular weight excluding hydrogens is 386 g/mol. The van der Waals surface area contributed by atoms with E-state index in [2.05, 4.69) is 10.3 Å². The molecular formula is C19H16ClN3O3S. The van der Waals surface area contributed by atoms with Gasteiger partial charge in [0.2, 0.25) is 10.0 Å². The highest BCUT2D eigenvalue weighted by Gasteiger charge is 2.11. The second kappa shape index (κ2) is 7.77. The Morgan fingerprint density at radius 2 is 1.67 bits per heavy atom. The number of carbonyl (C=O) groups is 1. The lowest BCUT2D eigenvalue weighted by atomic mass is 10.1. The molecule has 8 heteroatoms. The van der Waals surface area contributed by atoms with Gasteiger partial charge in [-0.3, -0.25) is 4.79 Å². The summed E-state index contributed by atoms with van der Waals surface area (Å²) >= 11 is 6.33. The zero-order valence-electron chi connectivity index (χ0n) is 14.3. The van der Waals surface area contributed by atoms with Gasteiger partial charge in [0.15, 0.2) is 0 Å². The molecule has 1 aromatic heterocycles. The van der Waals surface area contributed by atoms with E-state index in [1.807, 2.05) is 35.1 Å². The smallest absolute Gasteiger partial charge is 0.264 e. The second-order valence-corrected chi connectivity index (χ2v) is 7.98. The molecule has 0 radical (unpaired) electrons. The van der Waals surface area contributed by atoms with E-state index in [4.69, 9.17) is 11.6 Å². The largest absolute Gasteiger partial charge is 0.339 e. The standard InChI is InChI=1S/C19H16ClN3O3S/c1-27(25,26)23-19(24)14-9-7-13(8-10-14)15-11-17(20)18(21-12-15)22-16-5-3-2-4-6-16/h2-12H,1H3,(H,21,22)(H,23,24). The molecule has 3 aromatic rings. The fraction of sp³-hybridized carbons (Fsp3) is 0.0526. The molecule has 3 rings (SSSR count). The average molecular weight is 402 g/mol. The summed E-state index contributed by atoms with van der Waals surface area (Å²) < 4.78 is 24.2. The molecule has 0 aliphatic rings. The van der Waals surface area contributed by atoms with Crippen molar-refractivity contribution in [1.29, 1.82) is 0 Å². The Morgan fingerprint density at radius 1 is 1.00 bits per heavy atom. The monoisotopic (exact) mass is 401 g/mol. The van der Waals surface area contributed by atoms with Crippen LogP contribution in [0.4, 0.5) is 11.5 Å². The third-order valence-corrected chi connectivity index (χ3v) is 4.48. The van der Waals surface area contributed by atoms with Gasteiger partial charge in [0.05, 0.1) is 11.3 Å². The Bertz CT molecular complexity index is 1070. The molecule has 1 heterocycles. The molecule has 0 saturated heterocycles. The number of rotatable bonds is 5. The summed E-state index contributed by atoms with van der Waals surface area (Å²) in [6, 6.07) is 17.8. The number of benzene rings is 2. The predicted octanol–water partition coefficient (Wildman–Crippen LogP) is 3.84. The molecule has 0 unspecified atom stereocenters. The van der Waals surface area contributed by atoms with Crippen LogP contribution in [0.1, 0.15) is 10.4 Å². The summed E-state index contributed by atoms with van der Waals surface area (Å²) in [6.07, 6.45) is 2.60. The maximum Gasteiger partial charge on any atom is 0.264 e. The number of halogens is 1. The van der Waals surface area contributed by atoms with Crippen LogP contribution in [0.2, 0.25) is 5.02 Å². The molecule has 2 aromatic carbocycles. The zero-order chi connectivity index (χ0) is 19.4. The van der Waals surface area contributed by atoms with Crippen molar-refractivity contribution in [2.75, 3.05) is 11.6 Å². The summed E-state index contributed by atoms with van der Waals surface area (Å²) in [5.74, 6) is -0.140. The molecule has 0 aliphatic heterocycles. The van der Waals surface area contributed by atoms with Crippen LogP contribution in [0.15, 0.2) is 66.9 Å². The van der Waals surface area contributed by atoms with Crippen LogP contribution in [0.3, 0.4) is 0 Å². The van der Waals surface area contributed by atoms with Crippen molar-refractivity contribution >= 4 is 39.0 Å². The molecule has 6 nitrogen and oxygen atoms in total. The number of hydrogen-bond acceptors (Lipinski definition) is 5. The summed E-state index contributed by atoms with van der Waals surface area (Å²) in [7, 11) is -3.60. The minimum Gasteiger partial charge on any atom is -0.339 e. The number of carbonyl (C=O) groups excluding carboxylic acids is 1. The van der Waals surface area contributed by atoms with E-state index in [-0.39, 0.29) is 5.56 Å². The molecule has 0 spiro atoms. The van der Waals surface area contributed by atoms with Crippen LogP contribution >= 0.6 is 11.6 Å². The van der Waals surface area contributed by atoms with Crippen LogP contribution < -0.4 is 10.0 Å². The van der Waals surface area contributed by atoms with Crippen molar-refractivity contribution in [2.45, 2.75) is 0 Å². The first-order chi connectivity index (χ1) is 12.8. The molecule has 1 amide bonds. The molecule has 0 fully saturated rings. The fourth-order valence-electron chi connectivity index (χ4n) is 2.39. The topological polar surface area (TPSA) is 88.2 Å². The molecule has 27 heavy (non-hydrogen) atoms. The molecule has 0 bridgehead atoms. The number of para-hydroxylation sites is 1. The van der Waals surface area contributed by atoms with Gasteiger partial charge in [0, 0.05) is 23.0 Å². The lowest BCUT2D eigenvalue weighted by Crippen LogP contribution is -2.29. The third-order valence-electron chi connectivity index (χ3n) is 3.64. The van der Waals surface area contributed by atoms with Gasteiger partial charge < -0.3 is 5.32 Å². The number of hydrogen-bond donors (Lipinski definition) is 2. The molecule has 0 saturated carbocycles. The van der Waals surface area contributed by atoms with E-state index in [9.17, 15) is 13.2 Å². The second-order valence-electron chi connectivity index (χ2n) is 5.83. The van der Waals surface area contributed by atoms with E-state index in [0.29, 0.717) is 10.8 Å². The first-order valence-corrected chi connectivity index (χ1v) is 10.2. The van der Waals surface area contributed by atoms with Crippen molar-refractivity contribution in [1.82, 2.24) is 9.71 Å². The Morgan fingerprint density at radius 3 is 2.26 bits per heavy atom. The quantitative estimate of drug-likeness (QED) is 0.678. The maximum atomic E-state index is 11.8. The summed E-state index contributed by atoms with van der Waals surface area (Å²) in [4.78, 5) is 16.2. The van der Waals surface area contributed by atoms with Gasteiger partial charge in [-0.2, -0.15) is 0 Å². The van der Waals surface area contributed by atoms with Gasteiger partial charge in [-0.25, -0.2) is 18.1 Å². The van der Waals surface area contributed by atoms with Crippen LogP contribution in [0, 0.1) is 0 Å². The molecule has 138 valence electrons. The number of anilines is 2.